The zero-order chi connectivity index (χ0) is 28.2. The van der Waals surface area contributed by atoms with Crippen molar-refractivity contribution in [1.82, 2.24) is 4.31 Å². The number of rotatable bonds is 9. The standard InChI is InChI=1S/C26H28ClN3O7S2/c1-19-3-7-21(8-4-19)30(39(34,35)22-9-5-20(27)6-10-22)18-26(31)28-24-17-23(11-12-25(24)36-2)38(32,33)29-13-15-37-16-14-29/h3-12,17H,13-16,18H2,1-2H3,(H,28,31). The Hall–Kier alpha value is -3.16. The molecule has 1 heterocycles. The molecule has 208 valence electrons. The molecule has 1 fully saturated rings. The second kappa shape index (κ2) is 11.9. The molecular formula is C26H28ClN3O7S2. The maximum absolute atomic E-state index is 13.6. The van der Waals surface area contributed by atoms with E-state index >= 15 is 0 Å². The normalized spacial score (nSPS) is 14.5. The Morgan fingerprint density at radius 1 is 0.974 bits per heavy atom. The highest BCUT2D eigenvalue weighted by Crippen LogP contribution is 2.30. The molecule has 39 heavy (non-hydrogen) atoms. The van der Waals surface area contributed by atoms with E-state index in [1.807, 2.05) is 6.92 Å². The lowest BCUT2D eigenvalue weighted by Crippen LogP contribution is -2.40. The first-order valence-corrected chi connectivity index (χ1v) is 15.2. The summed E-state index contributed by atoms with van der Waals surface area (Å²) >= 11 is 5.94. The fourth-order valence-electron chi connectivity index (χ4n) is 3.96. The van der Waals surface area contributed by atoms with Crippen LogP contribution in [0.1, 0.15) is 5.56 Å². The second-order valence-electron chi connectivity index (χ2n) is 8.73. The number of anilines is 2. The third-order valence-corrected chi connectivity index (χ3v) is 10.00. The molecule has 0 radical (unpaired) electrons. The van der Waals surface area contributed by atoms with Gasteiger partial charge in [0.05, 0.1) is 41.5 Å². The average molecular weight is 594 g/mol. The van der Waals surface area contributed by atoms with Crippen LogP contribution in [-0.4, -0.2) is 67.0 Å². The minimum absolute atomic E-state index is 0.0373. The van der Waals surface area contributed by atoms with Gasteiger partial charge in [0.2, 0.25) is 15.9 Å². The van der Waals surface area contributed by atoms with Gasteiger partial charge in [-0.3, -0.25) is 9.10 Å². The molecule has 13 heteroatoms. The van der Waals surface area contributed by atoms with Crippen molar-refractivity contribution < 1.29 is 31.1 Å². The van der Waals surface area contributed by atoms with E-state index in [2.05, 4.69) is 5.32 Å². The van der Waals surface area contributed by atoms with Crippen molar-refractivity contribution in [1.29, 1.82) is 0 Å². The smallest absolute Gasteiger partial charge is 0.264 e. The van der Waals surface area contributed by atoms with Crippen molar-refractivity contribution in [2.24, 2.45) is 0 Å². The summed E-state index contributed by atoms with van der Waals surface area (Å²) in [6.45, 7) is 2.27. The molecule has 3 aromatic rings. The van der Waals surface area contributed by atoms with Crippen LogP contribution in [-0.2, 0) is 29.6 Å². The molecule has 0 spiro atoms. The van der Waals surface area contributed by atoms with Crippen molar-refractivity contribution >= 4 is 48.9 Å². The minimum atomic E-state index is -4.16. The molecule has 0 unspecified atom stereocenters. The Kier molecular flexibility index (Phi) is 8.82. The Labute approximate surface area is 233 Å². The number of sulfonamides is 2. The van der Waals surface area contributed by atoms with Crippen molar-refractivity contribution in [3.63, 3.8) is 0 Å². The van der Waals surface area contributed by atoms with Crippen LogP contribution in [0.2, 0.25) is 5.02 Å². The second-order valence-corrected chi connectivity index (χ2v) is 13.0. The fourth-order valence-corrected chi connectivity index (χ4v) is 6.94. The number of aryl methyl sites for hydroxylation is 1. The fraction of sp³-hybridized carbons (Fsp3) is 0.269. The van der Waals surface area contributed by atoms with Crippen molar-refractivity contribution in [2.75, 3.05) is 49.6 Å². The number of hydrogen-bond acceptors (Lipinski definition) is 7. The monoisotopic (exact) mass is 593 g/mol. The molecule has 0 aliphatic carbocycles. The molecule has 1 aliphatic rings. The van der Waals surface area contributed by atoms with Crippen molar-refractivity contribution in [3.05, 3.63) is 77.3 Å². The van der Waals surface area contributed by atoms with E-state index in [1.54, 1.807) is 24.3 Å². The third kappa shape index (κ3) is 6.53. The van der Waals surface area contributed by atoms with E-state index < -0.39 is 32.5 Å². The van der Waals surface area contributed by atoms with Crippen LogP contribution in [0, 0.1) is 6.92 Å². The van der Waals surface area contributed by atoms with Gasteiger partial charge in [-0.05, 0) is 61.5 Å². The molecular weight excluding hydrogens is 566 g/mol. The predicted octanol–water partition coefficient (Wildman–Crippen LogP) is 3.51. The highest BCUT2D eigenvalue weighted by molar-refractivity contribution is 7.92. The molecule has 0 bridgehead atoms. The summed E-state index contributed by atoms with van der Waals surface area (Å²) in [5.41, 5.74) is 1.28. The number of amides is 1. The van der Waals surface area contributed by atoms with Crippen LogP contribution in [0.15, 0.2) is 76.5 Å². The number of benzene rings is 3. The SMILES string of the molecule is COc1ccc(S(=O)(=O)N2CCOCC2)cc1NC(=O)CN(c1ccc(C)cc1)S(=O)(=O)c1ccc(Cl)cc1. The zero-order valence-corrected chi connectivity index (χ0v) is 23.7. The van der Waals surface area contributed by atoms with Gasteiger partial charge in [0.1, 0.15) is 12.3 Å². The summed E-state index contributed by atoms with van der Waals surface area (Å²) in [7, 11) is -6.63. The zero-order valence-electron chi connectivity index (χ0n) is 21.3. The van der Waals surface area contributed by atoms with Crippen LogP contribution in [0.25, 0.3) is 0 Å². The molecule has 0 aromatic heterocycles. The molecule has 0 saturated carbocycles. The first-order valence-electron chi connectivity index (χ1n) is 11.9. The van der Waals surface area contributed by atoms with E-state index in [-0.39, 0.29) is 53.2 Å². The molecule has 1 aliphatic heterocycles. The maximum atomic E-state index is 13.6. The number of nitrogens with zero attached hydrogens (tertiary/aromatic N) is 2. The summed E-state index contributed by atoms with van der Waals surface area (Å²) in [5.74, 6) is -0.487. The van der Waals surface area contributed by atoms with E-state index in [0.717, 1.165) is 9.87 Å². The van der Waals surface area contributed by atoms with E-state index in [4.69, 9.17) is 21.1 Å². The van der Waals surface area contributed by atoms with Gasteiger partial charge >= 0.3 is 0 Å². The van der Waals surface area contributed by atoms with Crippen LogP contribution in [0.3, 0.4) is 0 Å². The number of nitrogens with one attached hydrogen (secondary N) is 1. The van der Waals surface area contributed by atoms with E-state index in [0.29, 0.717) is 5.02 Å². The van der Waals surface area contributed by atoms with Crippen molar-refractivity contribution in [3.8, 4) is 5.75 Å². The van der Waals surface area contributed by atoms with Gasteiger partial charge in [0, 0.05) is 18.1 Å². The first kappa shape index (κ1) is 28.8. The number of morpholine rings is 1. The number of ether oxygens (including phenoxy) is 2. The third-order valence-electron chi connectivity index (χ3n) is 6.06. The molecule has 0 atom stereocenters. The van der Waals surface area contributed by atoms with Crippen molar-refractivity contribution in [2.45, 2.75) is 16.7 Å². The Bertz CT molecular complexity index is 1540. The minimum Gasteiger partial charge on any atom is -0.495 e. The molecule has 1 saturated heterocycles. The Morgan fingerprint density at radius 2 is 1.59 bits per heavy atom. The maximum Gasteiger partial charge on any atom is 0.264 e. The van der Waals surface area contributed by atoms with Crippen LogP contribution >= 0.6 is 11.6 Å². The lowest BCUT2D eigenvalue weighted by Gasteiger charge is -2.26. The number of carbonyl (C=O) groups is 1. The van der Waals surface area contributed by atoms with Crippen LogP contribution < -0.4 is 14.4 Å². The molecule has 1 amide bonds. The summed E-state index contributed by atoms with van der Waals surface area (Å²) in [6, 6.07) is 16.4. The van der Waals surface area contributed by atoms with Gasteiger partial charge in [-0.15, -0.1) is 0 Å². The molecule has 10 nitrogen and oxygen atoms in total. The highest BCUT2D eigenvalue weighted by Gasteiger charge is 2.29. The van der Waals surface area contributed by atoms with Gasteiger partial charge < -0.3 is 14.8 Å². The predicted molar refractivity (Wildman–Crippen MR) is 148 cm³/mol. The number of methoxy groups -OCH3 is 1. The Morgan fingerprint density at radius 3 is 2.21 bits per heavy atom. The molecule has 4 rings (SSSR count). The average Bonchev–Trinajstić information content (AvgIpc) is 2.93. The van der Waals surface area contributed by atoms with E-state index in [1.165, 1.54) is 53.9 Å². The molecule has 1 N–H and O–H groups in total. The summed E-state index contributed by atoms with van der Waals surface area (Å²) in [6.07, 6.45) is 0. The topological polar surface area (TPSA) is 122 Å². The number of carbonyl (C=O) groups excluding carboxylic acids is 1. The van der Waals surface area contributed by atoms with Gasteiger partial charge in [-0.1, -0.05) is 29.3 Å². The largest absolute Gasteiger partial charge is 0.495 e. The van der Waals surface area contributed by atoms with Gasteiger partial charge in [0.15, 0.2) is 0 Å². The highest BCUT2D eigenvalue weighted by atomic mass is 35.5. The summed E-state index contributed by atoms with van der Waals surface area (Å²) < 4.78 is 66.3. The number of halogens is 1. The first-order chi connectivity index (χ1) is 18.5. The van der Waals surface area contributed by atoms with Gasteiger partial charge in [-0.25, -0.2) is 16.8 Å². The summed E-state index contributed by atoms with van der Waals surface area (Å²) in [4.78, 5) is 13.2. The molecule has 3 aromatic carbocycles. The van der Waals surface area contributed by atoms with Gasteiger partial charge in [-0.2, -0.15) is 4.31 Å². The van der Waals surface area contributed by atoms with Gasteiger partial charge in [0.25, 0.3) is 10.0 Å². The van der Waals surface area contributed by atoms with Crippen LogP contribution in [0.5, 0.6) is 5.75 Å². The lowest BCUT2D eigenvalue weighted by molar-refractivity contribution is -0.114. The van der Waals surface area contributed by atoms with E-state index in [9.17, 15) is 21.6 Å². The summed E-state index contributed by atoms with van der Waals surface area (Å²) in [5, 5.41) is 2.99. The number of hydrogen-bond donors (Lipinski definition) is 1. The van der Waals surface area contributed by atoms with Crippen LogP contribution in [0.4, 0.5) is 11.4 Å². The Balaban J connectivity index is 1.65. The quantitative estimate of drug-likeness (QED) is 0.403. The lowest BCUT2D eigenvalue weighted by atomic mass is 10.2.